The van der Waals surface area contributed by atoms with Crippen molar-refractivity contribution in [2.45, 2.75) is 48.3 Å². The van der Waals surface area contributed by atoms with Gasteiger partial charge < -0.3 is 11.1 Å². The minimum Gasteiger partial charge on any atom is -0.353 e. The Balaban J connectivity index is 0.00000200. The summed E-state index contributed by atoms with van der Waals surface area (Å²) in [5, 5.41) is 3.00. The molecule has 2 rings (SSSR count). The quantitative estimate of drug-likeness (QED) is 0.878. The average Bonchev–Trinajstić information content (AvgIpc) is 2.86. The third-order valence-electron chi connectivity index (χ3n) is 3.59. The van der Waals surface area contributed by atoms with E-state index in [9.17, 15) is 4.79 Å². The smallest absolute Gasteiger partial charge is 0.236 e. The van der Waals surface area contributed by atoms with Gasteiger partial charge in [0.1, 0.15) is 0 Å². The molecular formula is C15H23ClN2OS. The van der Waals surface area contributed by atoms with Gasteiger partial charge in [-0.25, -0.2) is 0 Å². The van der Waals surface area contributed by atoms with Crippen LogP contribution in [0.25, 0.3) is 0 Å². The summed E-state index contributed by atoms with van der Waals surface area (Å²) in [6.07, 6.45) is 4.80. The Bertz CT molecular complexity index is 419. The summed E-state index contributed by atoms with van der Waals surface area (Å²) in [4.78, 5) is 12.9. The molecule has 1 fully saturated rings. The second-order valence-corrected chi connectivity index (χ2v) is 6.85. The maximum absolute atomic E-state index is 11.6. The van der Waals surface area contributed by atoms with Crippen molar-refractivity contribution >= 4 is 30.1 Å². The number of rotatable bonds is 5. The number of halogens is 1. The maximum atomic E-state index is 11.6. The van der Waals surface area contributed by atoms with Crippen LogP contribution < -0.4 is 11.1 Å². The highest BCUT2D eigenvalue weighted by Crippen LogP contribution is 2.44. The van der Waals surface area contributed by atoms with Gasteiger partial charge in [0, 0.05) is 16.2 Å². The highest BCUT2D eigenvalue weighted by Gasteiger charge is 2.35. The molecule has 1 amide bonds. The molecule has 0 aromatic heterocycles. The second-order valence-electron chi connectivity index (χ2n) is 5.31. The predicted octanol–water partition coefficient (Wildman–Crippen LogP) is 2.98. The minimum absolute atomic E-state index is 0. The van der Waals surface area contributed by atoms with E-state index in [1.165, 1.54) is 17.7 Å². The molecule has 3 N–H and O–H groups in total. The number of thioether (sulfide) groups is 1. The van der Waals surface area contributed by atoms with Crippen molar-refractivity contribution in [2.75, 3.05) is 6.54 Å². The summed E-state index contributed by atoms with van der Waals surface area (Å²) >= 11 is 1.90. The predicted molar refractivity (Wildman–Crippen MR) is 87.4 cm³/mol. The maximum Gasteiger partial charge on any atom is 0.236 e. The summed E-state index contributed by atoms with van der Waals surface area (Å²) in [5.41, 5.74) is 5.60. The lowest BCUT2D eigenvalue weighted by atomic mass is 10.1. The highest BCUT2D eigenvalue weighted by molar-refractivity contribution is 8.00. The first-order valence-corrected chi connectivity index (χ1v) is 7.70. The number of benzene rings is 1. The van der Waals surface area contributed by atoms with Crippen LogP contribution in [-0.4, -0.2) is 23.2 Å². The summed E-state index contributed by atoms with van der Waals surface area (Å²) in [5.74, 6) is -0.0556. The van der Waals surface area contributed by atoms with Crippen molar-refractivity contribution < 1.29 is 4.79 Å². The number of nitrogens with two attached hydrogens (primary N) is 1. The van der Waals surface area contributed by atoms with Crippen LogP contribution >= 0.6 is 24.2 Å². The van der Waals surface area contributed by atoms with Crippen LogP contribution in [0.5, 0.6) is 0 Å². The van der Waals surface area contributed by atoms with Crippen LogP contribution in [0.1, 0.15) is 32.6 Å². The lowest BCUT2D eigenvalue weighted by Crippen LogP contribution is -2.44. The van der Waals surface area contributed by atoms with E-state index < -0.39 is 6.04 Å². The fraction of sp³-hybridized carbons (Fsp3) is 0.533. The van der Waals surface area contributed by atoms with Crippen LogP contribution in [0.15, 0.2) is 35.2 Å². The van der Waals surface area contributed by atoms with Gasteiger partial charge in [0.25, 0.3) is 0 Å². The van der Waals surface area contributed by atoms with Crippen LogP contribution in [0.4, 0.5) is 0 Å². The number of hydrogen-bond acceptors (Lipinski definition) is 3. The summed E-state index contributed by atoms with van der Waals surface area (Å²) in [6, 6.07) is 10.00. The molecule has 0 radical (unpaired) electrons. The third-order valence-corrected chi connectivity index (χ3v) is 5.08. The zero-order valence-corrected chi connectivity index (χ0v) is 13.4. The van der Waals surface area contributed by atoms with E-state index in [0.29, 0.717) is 6.54 Å². The fourth-order valence-electron chi connectivity index (χ4n) is 2.48. The Kier molecular flexibility index (Phi) is 6.86. The topological polar surface area (TPSA) is 55.1 Å². The number of hydrogen-bond donors (Lipinski definition) is 2. The van der Waals surface area contributed by atoms with E-state index >= 15 is 0 Å². The molecule has 1 aromatic carbocycles. The van der Waals surface area contributed by atoms with Crippen LogP contribution in [-0.2, 0) is 4.79 Å². The first-order valence-electron chi connectivity index (χ1n) is 6.89. The Morgan fingerprint density at radius 1 is 1.35 bits per heavy atom. The fourth-order valence-corrected chi connectivity index (χ4v) is 3.91. The standard InChI is InChI=1S/C15H22N2OS.ClH/c1-12(16)14(18)17-11-15(9-5-6-10-15)19-13-7-3-2-4-8-13;/h2-4,7-8,12H,5-6,9-11,16H2,1H3,(H,17,18);1H/t12-;/m0./s1. The summed E-state index contributed by atoms with van der Waals surface area (Å²) < 4.78 is 0.145. The normalized spacial score (nSPS) is 18.1. The van der Waals surface area contributed by atoms with E-state index in [1.54, 1.807) is 6.92 Å². The van der Waals surface area contributed by atoms with Gasteiger partial charge in [-0.2, -0.15) is 0 Å². The van der Waals surface area contributed by atoms with Crippen LogP contribution in [0.3, 0.4) is 0 Å². The van der Waals surface area contributed by atoms with Crippen molar-refractivity contribution in [1.82, 2.24) is 5.32 Å². The molecule has 0 bridgehead atoms. The van der Waals surface area contributed by atoms with Gasteiger partial charge in [0.05, 0.1) is 6.04 Å². The molecular weight excluding hydrogens is 292 g/mol. The molecule has 1 aromatic rings. The Labute approximate surface area is 131 Å². The molecule has 20 heavy (non-hydrogen) atoms. The van der Waals surface area contributed by atoms with E-state index in [4.69, 9.17) is 5.73 Å². The molecule has 1 aliphatic carbocycles. The first kappa shape index (κ1) is 17.3. The average molecular weight is 315 g/mol. The van der Waals surface area contributed by atoms with E-state index in [0.717, 1.165) is 12.8 Å². The van der Waals surface area contributed by atoms with Gasteiger partial charge in [-0.1, -0.05) is 31.0 Å². The van der Waals surface area contributed by atoms with Gasteiger partial charge in [-0.05, 0) is 31.9 Å². The largest absolute Gasteiger partial charge is 0.353 e. The Morgan fingerprint density at radius 2 is 1.95 bits per heavy atom. The number of nitrogens with one attached hydrogen (secondary N) is 1. The minimum atomic E-state index is -0.430. The van der Waals surface area contributed by atoms with Gasteiger partial charge in [-0.3, -0.25) is 4.79 Å². The third kappa shape index (κ3) is 4.69. The number of carbonyl (C=O) groups excluding carboxylic acids is 1. The molecule has 5 heteroatoms. The highest BCUT2D eigenvalue weighted by atomic mass is 35.5. The van der Waals surface area contributed by atoms with Gasteiger partial charge >= 0.3 is 0 Å². The van der Waals surface area contributed by atoms with Crippen molar-refractivity contribution in [3.05, 3.63) is 30.3 Å². The molecule has 0 unspecified atom stereocenters. The van der Waals surface area contributed by atoms with E-state index in [2.05, 4.69) is 29.6 Å². The number of carbonyl (C=O) groups is 1. The van der Waals surface area contributed by atoms with E-state index in [1.807, 2.05) is 17.8 Å². The van der Waals surface area contributed by atoms with Crippen LogP contribution in [0, 0.1) is 0 Å². The SMILES string of the molecule is C[C@H](N)C(=O)NCC1(Sc2ccccc2)CCCC1.Cl. The molecule has 0 spiro atoms. The summed E-state index contributed by atoms with van der Waals surface area (Å²) in [6.45, 7) is 2.44. The van der Waals surface area contributed by atoms with Crippen molar-refractivity contribution in [2.24, 2.45) is 5.73 Å². The summed E-state index contributed by atoms with van der Waals surface area (Å²) in [7, 11) is 0. The number of amides is 1. The molecule has 0 heterocycles. The van der Waals surface area contributed by atoms with E-state index in [-0.39, 0.29) is 23.1 Å². The molecule has 112 valence electrons. The first-order chi connectivity index (χ1) is 9.11. The van der Waals surface area contributed by atoms with Gasteiger partial charge in [0.15, 0.2) is 0 Å². The Hall–Kier alpha value is -0.710. The molecule has 1 aliphatic rings. The monoisotopic (exact) mass is 314 g/mol. The Morgan fingerprint density at radius 3 is 2.50 bits per heavy atom. The van der Waals surface area contributed by atoms with Crippen molar-refractivity contribution in [1.29, 1.82) is 0 Å². The van der Waals surface area contributed by atoms with Crippen molar-refractivity contribution in [3.63, 3.8) is 0 Å². The molecule has 1 saturated carbocycles. The molecule has 0 aliphatic heterocycles. The zero-order chi connectivity index (χ0) is 13.7. The van der Waals surface area contributed by atoms with Gasteiger partial charge in [-0.15, -0.1) is 24.2 Å². The second kappa shape index (κ2) is 7.91. The van der Waals surface area contributed by atoms with Gasteiger partial charge in [0.2, 0.25) is 5.91 Å². The molecule has 1 atom stereocenters. The van der Waals surface area contributed by atoms with Crippen molar-refractivity contribution in [3.8, 4) is 0 Å². The molecule has 3 nitrogen and oxygen atoms in total. The lowest BCUT2D eigenvalue weighted by Gasteiger charge is -2.29. The zero-order valence-electron chi connectivity index (χ0n) is 11.8. The lowest BCUT2D eigenvalue weighted by molar-refractivity contribution is -0.122. The molecule has 0 saturated heterocycles. The van der Waals surface area contributed by atoms with Crippen LogP contribution in [0.2, 0.25) is 0 Å².